The number of hydrogen-bond acceptors (Lipinski definition) is 6. The van der Waals surface area contributed by atoms with Crippen molar-refractivity contribution in [2.45, 2.75) is 117 Å². The molecule has 0 aromatic heterocycles. The standard InChI is InChI=1S/C34H50N2O4P2/c1-23(2)41(24(3)4)39-33-29(19-27(15-11-13-17-35)21-31(33)37-9)30-20-28(16-12-14-18-36)22-32(38-10)34(30)40-42(25(5)6)26(7)8/h19-26H,11-16H2,1-10H3. The largest absolute Gasteiger partial charge is 0.493 e. The zero-order valence-electron chi connectivity index (χ0n) is 27.3. The van der Waals surface area contributed by atoms with E-state index in [-0.39, 0.29) is 0 Å². The zero-order chi connectivity index (χ0) is 31.4. The summed E-state index contributed by atoms with van der Waals surface area (Å²) in [6.45, 7) is 17.7. The lowest BCUT2D eigenvalue weighted by Gasteiger charge is -2.30. The van der Waals surface area contributed by atoms with Crippen molar-refractivity contribution < 1.29 is 18.5 Å². The van der Waals surface area contributed by atoms with Gasteiger partial charge in [-0.05, 0) is 61.1 Å². The molecule has 0 fully saturated rings. The van der Waals surface area contributed by atoms with E-state index >= 15 is 0 Å². The number of unbranched alkanes of at least 4 members (excludes halogenated alkanes) is 2. The van der Waals surface area contributed by atoms with Gasteiger partial charge in [0.1, 0.15) is 0 Å². The predicted octanol–water partition coefficient (Wildman–Crippen LogP) is 10.2. The smallest absolute Gasteiger partial charge is 0.173 e. The van der Waals surface area contributed by atoms with Crippen molar-refractivity contribution in [3.8, 4) is 46.3 Å². The lowest BCUT2D eigenvalue weighted by Crippen LogP contribution is -2.11. The predicted molar refractivity (Wildman–Crippen MR) is 178 cm³/mol. The lowest BCUT2D eigenvalue weighted by atomic mass is 9.95. The second kappa shape index (κ2) is 17.6. The van der Waals surface area contributed by atoms with Crippen molar-refractivity contribution in [3.63, 3.8) is 0 Å². The fourth-order valence-electron chi connectivity index (χ4n) is 5.07. The van der Waals surface area contributed by atoms with Crippen LogP contribution in [-0.2, 0) is 12.8 Å². The first kappa shape index (κ1) is 35.7. The summed E-state index contributed by atoms with van der Waals surface area (Å²) in [5.41, 5.74) is 5.39. The van der Waals surface area contributed by atoms with E-state index in [4.69, 9.17) is 18.5 Å². The first-order chi connectivity index (χ1) is 20.0. The summed E-state index contributed by atoms with van der Waals surface area (Å²) < 4.78 is 25.9. The summed E-state index contributed by atoms with van der Waals surface area (Å²) in [5.74, 6) is 2.80. The van der Waals surface area contributed by atoms with Gasteiger partial charge in [0.25, 0.3) is 0 Å². The molecule has 0 aliphatic rings. The molecule has 2 aromatic rings. The summed E-state index contributed by atoms with van der Waals surface area (Å²) >= 11 is 0. The van der Waals surface area contributed by atoms with Crippen LogP contribution in [0.2, 0.25) is 0 Å². The Kier molecular flexibility index (Phi) is 14.9. The molecule has 0 aliphatic heterocycles. The van der Waals surface area contributed by atoms with E-state index in [1.165, 1.54) is 0 Å². The summed E-state index contributed by atoms with van der Waals surface area (Å²) in [4.78, 5) is 0. The molecule has 0 heterocycles. The Morgan fingerprint density at radius 1 is 0.595 bits per heavy atom. The summed E-state index contributed by atoms with van der Waals surface area (Å²) in [7, 11) is 1.75. The molecule has 0 saturated heterocycles. The van der Waals surface area contributed by atoms with Crippen molar-refractivity contribution in [2.75, 3.05) is 14.2 Å². The molecule has 0 amide bonds. The maximum atomic E-state index is 9.17. The summed E-state index contributed by atoms with van der Waals surface area (Å²) in [6.07, 6.45) is 4.01. The molecule has 2 aromatic carbocycles. The quantitative estimate of drug-likeness (QED) is 0.131. The van der Waals surface area contributed by atoms with Gasteiger partial charge in [0.2, 0.25) is 0 Å². The van der Waals surface area contributed by atoms with Gasteiger partial charge in [0.05, 0.1) is 42.7 Å². The molecule has 42 heavy (non-hydrogen) atoms. The minimum absolute atomic E-state index is 0.352. The first-order valence-electron chi connectivity index (χ1n) is 15.1. The average molecular weight is 613 g/mol. The highest BCUT2D eigenvalue weighted by Gasteiger charge is 2.29. The highest BCUT2D eigenvalue weighted by atomic mass is 31.1. The van der Waals surface area contributed by atoms with Gasteiger partial charge >= 0.3 is 0 Å². The van der Waals surface area contributed by atoms with Crippen LogP contribution in [0.1, 0.15) is 92.2 Å². The third-order valence-electron chi connectivity index (χ3n) is 6.90. The number of methoxy groups -OCH3 is 2. The molecule has 6 nitrogen and oxygen atoms in total. The Morgan fingerprint density at radius 2 is 0.929 bits per heavy atom. The fraction of sp³-hybridized carbons (Fsp3) is 0.588. The topological polar surface area (TPSA) is 84.5 Å². The van der Waals surface area contributed by atoms with E-state index in [2.05, 4.69) is 79.7 Å². The molecule has 0 radical (unpaired) electrons. The monoisotopic (exact) mass is 612 g/mol. The van der Waals surface area contributed by atoms with E-state index in [0.29, 0.717) is 47.0 Å². The van der Waals surface area contributed by atoms with Gasteiger partial charge in [-0.2, -0.15) is 10.5 Å². The molecular weight excluding hydrogens is 562 g/mol. The molecule has 0 unspecified atom stereocenters. The molecule has 0 aliphatic carbocycles. The minimum atomic E-state index is -0.811. The number of ether oxygens (including phenoxy) is 2. The molecule has 0 N–H and O–H groups in total. The summed E-state index contributed by atoms with van der Waals surface area (Å²) in [5, 5.41) is 18.3. The average Bonchev–Trinajstić information content (AvgIpc) is 2.94. The molecule has 0 atom stereocenters. The van der Waals surface area contributed by atoms with Crippen LogP contribution in [0.5, 0.6) is 23.0 Å². The summed E-state index contributed by atoms with van der Waals surface area (Å²) in [6, 6.07) is 13.0. The Bertz CT molecular complexity index is 1120. The molecule has 0 bridgehead atoms. The minimum Gasteiger partial charge on any atom is -0.493 e. The van der Waals surface area contributed by atoms with Crippen molar-refractivity contribution in [1.82, 2.24) is 0 Å². The van der Waals surface area contributed by atoms with Gasteiger partial charge in [0.15, 0.2) is 23.0 Å². The van der Waals surface area contributed by atoms with Crippen LogP contribution >= 0.6 is 16.3 Å². The van der Waals surface area contributed by atoms with Crippen molar-refractivity contribution in [3.05, 3.63) is 35.4 Å². The van der Waals surface area contributed by atoms with Crippen LogP contribution in [0, 0.1) is 22.7 Å². The highest BCUT2D eigenvalue weighted by molar-refractivity contribution is 7.54. The molecule has 2 rings (SSSR count). The van der Waals surface area contributed by atoms with Crippen LogP contribution in [0.3, 0.4) is 0 Å². The Labute approximate surface area is 257 Å². The maximum absolute atomic E-state index is 9.17. The van der Waals surface area contributed by atoms with E-state index in [9.17, 15) is 10.5 Å². The molecule has 0 saturated carbocycles. The normalized spacial score (nSPS) is 11.5. The van der Waals surface area contributed by atoms with E-state index in [1.807, 2.05) is 12.1 Å². The third-order valence-corrected chi connectivity index (χ3v) is 11.8. The van der Waals surface area contributed by atoms with E-state index in [1.54, 1.807) is 14.2 Å². The number of rotatable bonds is 17. The number of hydrogen-bond donors (Lipinski definition) is 0. The third kappa shape index (κ3) is 9.76. The van der Waals surface area contributed by atoms with Crippen molar-refractivity contribution in [1.29, 1.82) is 10.5 Å². The number of nitrogens with zero attached hydrogens (tertiary/aromatic N) is 2. The van der Waals surface area contributed by atoms with Crippen LogP contribution in [-0.4, -0.2) is 36.9 Å². The van der Waals surface area contributed by atoms with Gasteiger partial charge in [0, 0.05) is 46.6 Å². The fourth-order valence-corrected chi connectivity index (χ4v) is 9.09. The Morgan fingerprint density at radius 3 is 1.19 bits per heavy atom. The van der Waals surface area contributed by atoms with Gasteiger partial charge < -0.3 is 18.5 Å². The SMILES string of the molecule is COc1cc(CCCC#N)cc(-c2cc(CCCC#N)cc(OC)c2OP(C(C)C)C(C)C)c1OP(C(C)C)C(C)C. The van der Waals surface area contributed by atoms with Gasteiger partial charge in [-0.25, -0.2) is 0 Å². The van der Waals surface area contributed by atoms with E-state index < -0.39 is 16.3 Å². The lowest BCUT2D eigenvalue weighted by molar-refractivity contribution is 0.394. The van der Waals surface area contributed by atoms with Gasteiger partial charge in [-0.1, -0.05) is 55.4 Å². The first-order valence-corrected chi connectivity index (χ1v) is 17.9. The highest BCUT2D eigenvalue weighted by Crippen LogP contribution is 2.57. The molecule has 230 valence electrons. The zero-order valence-corrected chi connectivity index (χ0v) is 29.1. The van der Waals surface area contributed by atoms with Crippen LogP contribution < -0.4 is 18.5 Å². The van der Waals surface area contributed by atoms with Crippen LogP contribution in [0.15, 0.2) is 24.3 Å². The number of aryl methyl sites for hydroxylation is 2. The second-order valence-corrected chi connectivity index (χ2v) is 17.6. The number of nitriles is 2. The van der Waals surface area contributed by atoms with Gasteiger partial charge in [-0.15, -0.1) is 0 Å². The van der Waals surface area contributed by atoms with Crippen molar-refractivity contribution in [2.24, 2.45) is 0 Å². The van der Waals surface area contributed by atoms with E-state index in [0.717, 1.165) is 59.4 Å². The second-order valence-electron chi connectivity index (χ2n) is 11.7. The van der Waals surface area contributed by atoms with Crippen molar-refractivity contribution >= 4 is 16.3 Å². The maximum Gasteiger partial charge on any atom is 0.173 e. The molecular formula is C34H50N2O4P2. The number of benzene rings is 2. The van der Waals surface area contributed by atoms with Crippen LogP contribution in [0.25, 0.3) is 11.1 Å². The Balaban J connectivity index is 2.96. The Hall–Kier alpha value is -2.52. The molecule has 8 heteroatoms. The molecule has 0 spiro atoms. The van der Waals surface area contributed by atoms with Crippen LogP contribution in [0.4, 0.5) is 0 Å². The van der Waals surface area contributed by atoms with Gasteiger partial charge in [-0.3, -0.25) is 0 Å².